The monoisotopic (exact) mass is 268 g/mol. The van der Waals surface area contributed by atoms with Gasteiger partial charge in [0.2, 0.25) is 0 Å². The van der Waals surface area contributed by atoms with Gasteiger partial charge in [-0.05, 0) is 18.9 Å². The Bertz CT molecular complexity index is 504. The van der Waals surface area contributed by atoms with Crippen molar-refractivity contribution >= 4 is 15.6 Å². The van der Waals surface area contributed by atoms with Gasteiger partial charge in [-0.3, -0.25) is 4.79 Å². The fraction of sp³-hybridized carbons (Fsp3) is 0.500. The smallest absolute Gasteiger partial charge is 0.150 e. The Morgan fingerprint density at radius 2 is 2.00 bits per heavy atom. The van der Waals surface area contributed by atoms with Crippen molar-refractivity contribution in [1.82, 2.24) is 0 Å². The molecule has 1 rings (SSSR count). The van der Waals surface area contributed by atoms with E-state index in [0.717, 1.165) is 11.1 Å². The summed E-state index contributed by atoms with van der Waals surface area (Å²) in [5, 5.41) is 0. The van der Waals surface area contributed by atoms with Gasteiger partial charge in [0.05, 0.1) is 5.75 Å². The molecule has 4 heteroatoms. The van der Waals surface area contributed by atoms with Crippen molar-refractivity contribution in [3.63, 3.8) is 0 Å². The number of benzene rings is 1. The number of carbonyl (C=O) groups excluding carboxylic acids is 1. The Kier molecular flexibility index (Phi) is 5.54. The number of carbonyl (C=O) groups is 1. The summed E-state index contributed by atoms with van der Waals surface area (Å²) in [6.45, 7) is 3.62. The van der Waals surface area contributed by atoms with Gasteiger partial charge in [-0.2, -0.15) is 0 Å². The van der Waals surface area contributed by atoms with Crippen molar-refractivity contribution in [2.45, 2.75) is 33.1 Å². The molecule has 0 aliphatic heterocycles. The molecule has 0 fully saturated rings. The summed E-state index contributed by atoms with van der Waals surface area (Å²) < 4.78 is 22.5. The molecule has 1 aromatic carbocycles. The molecule has 0 spiro atoms. The lowest BCUT2D eigenvalue weighted by atomic mass is 10.0. The minimum Gasteiger partial charge on any atom is -0.299 e. The predicted octanol–water partition coefficient (Wildman–Crippen LogP) is 2.32. The van der Waals surface area contributed by atoms with Crippen LogP contribution in [0.15, 0.2) is 24.3 Å². The topological polar surface area (TPSA) is 51.2 Å². The maximum atomic E-state index is 11.7. The van der Waals surface area contributed by atoms with Crippen molar-refractivity contribution in [1.29, 1.82) is 0 Å². The Morgan fingerprint density at radius 1 is 1.28 bits per heavy atom. The summed E-state index contributed by atoms with van der Waals surface area (Å²) in [6.07, 6.45) is 1.17. The average molecular weight is 268 g/mol. The zero-order valence-electron chi connectivity index (χ0n) is 11.0. The lowest BCUT2D eigenvalue weighted by Crippen LogP contribution is -2.11. The molecule has 3 nitrogen and oxygen atoms in total. The van der Waals surface area contributed by atoms with Crippen molar-refractivity contribution in [3.05, 3.63) is 35.4 Å². The number of aryl methyl sites for hydroxylation is 1. The second-order valence-corrected chi connectivity index (χ2v) is 7.02. The van der Waals surface area contributed by atoms with Crippen LogP contribution in [0.25, 0.3) is 0 Å². The molecule has 0 saturated heterocycles. The van der Waals surface area contributed by atoms with E-state index in [-0.39, 0.29) is 17.3 Å². The summed E-state index contributed by atoms with van der Waals surface area (Å²) in [4.78, 5) is 11.7. The first-order chi connectivity index (χ1) is 8.43. The first-order valence-electron chi connectivity index (χ1n) is 6.20. The first kappa shape index (κ1) is 14.9. The highest BCUT2D eigenvalue weighted by Crippen LogP contribution is 2.07. The van der Waals surface area contributed by atoms with Gasteiger partial charge in [0, 0.05) is 18.6 Å². The van der Waals surface area contributed by atoms with Crippen molar-refractivity contribution in [2.24, 2.45) is 0 Å². The van der Waals surface area contributed by atoms with Gasteiger partial charge < -0.3 is 0 Å². The number of sulfone groups is 1. The van der Waals surface area contributed by atoms with Gasteiger partial charge in [0.15, 0.2) is 0 Å². The normalized spacial score (nSPS) is 11.4. The quantitative estimate of drug-likeness (QED) is 0.762. The van der Waals surface area contributed by atoms with Gasteiger partial charge in [-0.1, -0.05) is 36.8 Å². The van der Waals surface area contributed by atoms with E-state index in [4.69, 9.17) is 0 Å². The minimum absolute atomic E-state index is 0.104. The molecule has 0 N–H and O–H groups in total. The standard InChI is InChI=1S/C14H20O3S/c1-3-18(16,17)9-5-8-14(15)11-13-7-4-6-12(2)10-13/h4,6-7,10H,3,5,8-9,11H2,1-2H3. The molecule has 0 unspecified atom stereocenters. The van der Waals surface area contributed by atoms with E-state index >= 15 is 0 Å². The molecular formula is C14H20O3S. The Balaban J connectivity index is 2.39. The Hall–Kier alpha value is -1.16. The van der Waals surface area contributed by atoms with Crippen LogP contribution in [-0.2, 0) is 21.1 Å². The summed E-state index contributed by atoms with van der Waals surface area (Å²) in [6, 6.07) is 7.83. The zero-order valence-corrected chi connectivity index (χ0v) is 11.8. The first-order valence-corrected chi connectivity index (χ1v) is 8.03. The molecule has 1 aromatic rings. The molecular weight excluding hydrogens is 248 g/mol. The average Bonchev–Trinajstić information content (AvgIpc) is 2.28. The lowest BCUT2D eigenvalue weighted by molar-refractivity contribution is -0.118. The number of hydrogen-bond donors (Lipinski definition) is 0. The fourth-order valence-electron chi connectivity index (χ4n) is 1.77. The van der Waals surface area contributed by atoms with Crippen molar-refractivity contribution in [3.8, 4) is 0 Å². The molecule has 0 saturated carbocycles. The number of ketones is 1. The number of rotatable bonds is 7. The van der Waals surface area contributed by atoms with Crippen LogP contribution in [0.4, 0.5) is 0 Å². The van der Waals surface area contributed by atoms with E-state index in [2.05, 4.69) is 0 Å². The van der Waals surface area contributed by atoms with Crippen molar-refractivity contribution in [2.75, 3.05) is 11.5 Å². The Morgan fingerprint density at radius 3 is 2.61 bits per heavy atom. The van der Waals surface area contributed by atoms with Crippen molar-refractivity contribution < 1.29 is 13.2 Å². The molecule has 0 amide bonds. The molecule has 0 heterocycles. The van der Waals surface area contributed by atoms with Gasteiger partial charge >= 0.3 is 0 Å². The lowest BCUT2D eigenvalue weighted by Gasteiger charge is -2.03. The maximum absolute atomic E-state index is 11.7. The molecule has 0 radical (unpaired) electrons. The third-order valence-corrected chi connectivity index (χ3v) is 4.62. The third kappa shape index (κ3) is 5.45. The highest BCUT2D eigenvalue weighted by atomic mass is 32.2. The maximum Gasteiger partial charge on any atom is 0.150 e. The van der Waals surface area contributed by atoms with Crippen LogP contribution >= 0.6 is 0 Å². The highest BCUT2D eigenvalue weighted by Gasteiger charge is 2.09. The van der Waals surface area contributed by atoms with Crippen LogP contribution in [0.2, 0.25) is 0 Å². The van der Waals surface area contributed by atoms with Gasteiger partial charge in [-0.15, -0.1) is 0 Å². The van der Waals surface area contributed by atoms with Crippen LogP contribution in [0.3, 0.4) is 0 Å². The summed E-state index contributed by atoms with van der Waals surface area (Å²) in [5.41, 5.74) is 2.13. The molecule has 0 aliphatic rings. The van der Waals surface area contributed by atoms with Crippen LogP contribution in [-0.4, -0.2) is 25.7 Å². The van der Waals surface area contributed by atoms with E-state index in [9.17, 15) is 13.2 Å². The molecule has 100 valence electrons. The van der Waals surface area contributed by atoms with E-state index in [0.29, 0.717) is 19.3 Å². The van der Waals surface area contributed by atoms with Crippen LogP contribution in [0.1, 0.15) is 30.9 Å². The molecule has 18 heavy (non-hydrogen) atoms. The minimum atomic E-state index is -2.95. The summed E-state index contributed by atoms with van der Waals surface area (Å²) >= 11 is 0. The molecule has 0 bridgehead atoms. The fourth-order valence-corrected chi connectivity index (χ4v) is 2.64. The largest absolute Gasteiger partial charge is 0.299 e. The third-order valence-electron chi connectivity index (χ3n) is 2.83. The SMILES string of the molecule is CCS(=O)(=O)CCCC(=O)Cc1cccc(C)c1. The predicted molar refractivity (Wildman–Crippen MR) is 73.5 cm³/mol. The van der Waals surface area contributed by atoms with E-state index in [1.807, 2.05) is 31.2 Å². The van der Waals surface area contributed by atoms with Gasteiger partial charge in [-0.25, -0.2) is 8.42 Å². The highest BCUT2D eigenvalue weighted by molar-refractivity contribution is 7.91. The summed E-state index contributed by atoms with van der Waals surface area (Å²) in [5.74, 6) is 0.370. The van der Waals surface area contributed by atoms with Gasteiger partial charge in [0.1, 0.15) is 15.6 Å². The van der Waals surface area contributed by atoms with Gasteiger partial charge in [0.25, 0.3) is 0 Å². The molecule has 0 aromatic heterocycles. The van der Waals surface area contributed by atoms with E-state index in [1.54, 1.807) is 6.92 Å². The van der Waals surface area contributed by atoms with Crippen LogP contribution < -0.4 is 0 Å². The Labute approximate surface area is 109 Å². The molecule has 0 atom stereocenters. The zero-order chi connectivity index (χ0) is 13.6. The van der Waals surface area contributed by atoms with Crippen LogP contribution in [0.5, 0.6) is 0 Å². The molecule has 0 aliphatic carbocycles. The second-order valence-electron chi connectivity index (χ2n) is 4.54. The second kappa shape index (κ2) is 6.69. The summed E-state index contributed by atoms with van der Waals surface area (Å²) in [7, 11) is -2.95. The van der Waals surface area contributed by atoms with E-state index < -0.39 is 9.84 Å². The number of Topliss-reactive ketones (excluding diaryl/α,β-unsaturated/α-hetero) is 1. The van der Waals surface area contributed by atoms with Crippen LogP contribution in [0, 0.1) is 6.92 Å². The number of hydrogen-bond acceptors (Lipinski definition) is 3. The van der Waals surface area contributed by atoms with E-state index in [1.165, 1.54) is 0 Å².